The molecule has 0 aliphatic rings. The molecule has 0 atom stereocenters. The molecule has 0 bridgehead atoms. The van der Waals surface area contributed by atoms with E-state index in [0.717, 1.165) is 5.56 Å². The van der Waals surface area contributed by atoms with Crippen molar-refractivity contribution in [1.29, 1.82) is 0 Å². The molecule has 0 spiro atoms. The highest BCUT2D eigenvalue weighted by molar-refractivity contribution is 5.90. The highest BCUT2D eigenvalue weighted by atomic mass is 16.5. The first-order valence-corrected chi connectivity index (χ1v) is 5.64. The van der Waals surface area contributed by atoms with Gasteiger partial charge in [0, 0.05) is 12.1 Å². The minimum absolute atomic E-state index is 0.182. The minimum atomic E-state index is -0.438. The largest absolute Gasteiger partial charge is 0.469 e. The molecule has 0 aliphatic carbocycles. The Bertz CT molecular complexity index is 443. The SMILES string of the molecule is COC(=O)CCCOC(=O)c1ccc(C)c(N)c1. The van der Waals surface area contributed by atoms with E-state index in [1.165, 1.54) is 7.11 Å². The number of aryl methyl sites for hydroxylation is 1. The molecule has 0 aliphatic heterocycles. The number of nitrogens with two attached hydrogens (primary N) is 1. The summed E-state index contributed by atoms with van der Waals surface area (Å²) in [6.45, 7) is 2.04. The molecule has 0 amide bonds. The second kappa shape index (κ2) is 6.64. The number of esters is 2. The van der Waals surface area contributed by atoms with Gasteiger partial charge in [-0.1, -0.05) is 6.07 Å². The number of benzene rings is 1. The van der Waals surface area contributed by atoms with Crippen molar-refractivity contribution in [3.63, 3.8) is 0 Å². The molecule has 18 heavy (non-hydrogen) atoms. The lowest BCUT2D eigenvalue weighted by Crippen LogP contribution is -2.09. The van der Waals surface area contributed by atoms with Crippen LogP contribution in [-0.2, 0) is 14.3 Å². The number of nitrogen functional groups attached to an aromatic ring is 1. The van der Waals surface area contributed by atoms with Crippen molar-refractivity contribution in [1.82, 2.24) is 0 Å². The lowest BCUT2D eigenvalue weighted by atomic mass is 10.1. The summed E-state index contributed by atoms with van der Waals surface area (Å²) in [6, 6.07) is 5.01. The maximum Gasteiger partial charge on any atom is 0.338 e. The van der Waals surface area contributed by atoms with Crippen LogP contribution in [-0.4, -0.2) is 25.7 Å². The lowest BCUT2D eigenvalue weighted by Gasteiger charge is -2.06. The first-order valence-electron chi connectivity index (χ1n) is 5.64. The maximum absolute atomic E-state index is 11.6. The van der Waals surface area contributed by atoms with Gasteiger partial charge in [-0.25, -0.2) is 4.79 Å². The summed E-state index contributed by atoms with van der Waals surface area (Å²) in [6.07, 6.45) is 0.680. The van der Waals surface area contributed by atoms with E-state index < -0.39 is 5.97 Å². The molecule has 0 fully saturated rings. The number of hydrogen-bond acceptors (Lipinski definition) is 5. The Morgan fingerprint density at radius 3 is 2.67 bits per heavy atom. The molecule has 0 saturated heterocycles. The van der Waals surface area contributed by atoms with Crippen molar-refractivity contribution in [2.24, 2.45) is 0 Å². The Hall–Kier alpha value is -2.04. The van der Waals surface area contributed by atoms with Crippen LogP contribution >= 0.6 is 0 Å². The molecule has 1 aromatic carbocycles. The Kier molecular flexibility index (Phi) is 5.17. The molecule has 0 unspecified atom stereocenters. The summed E-state index contributed by atoms with van der Waals surface area (Å²) in [5.74, 6) is -0.753. The molecule has 5 nitrogen and oxygen atoms in total. The zero-order chi connectivity index (χ0) is 13.5. The summed E-state index contributed by atoms with van der Waals surface area (Å²) in [7, 11) is 1.32. The molecule has 0 saturated carbocycles. The summed E-state index contributed by atoms with van der Waals surface area (Å²) in [5.41, 5.74) is 7.58. The maximum atomic E-state index is 11.6. The summed E-state index contributed by atoms with van der Waals surface area (Å²) in [4.78, 5) is 22.5. The van der Waals surface area contributed by atoms with E-state index in [-0.39, 0.29) is 19.0 Å². The Labute approximate surface area is 106 Å². The van der Waals surface area contributed by atoms with Gasteiger partial charge in [0.25, 0.3) is 0 Å². The van der Waals surface area contributed by atoms with Crippen molar-refractivity contribution in [2.45, 2.75) is 19.8 Å². The van der Waals surface area contributed by atoms with Crippen LogP contribution in [0.2, 0.25) is 0 Å². The van der Waals surface area contributed by atoms with E-state index in [9.17, 15) is 9.59 Å². The van der Waals surface area contributed by atoms with Gasteiger partial charge < -0.3 is 15.2 Å². The molecule has 5 heteroatoms. The third kappa shape index (κ3) is 4.08. The number of carbonyl (C=O) groups is 2. The predicted molar refractivity (Wildman–Crippen MR) is 67.1 cm³/mol. The van der Waals surface area contributed by atoms with Crippen LogP contribution in [0.4, 0.5) is 5.69 Å². The van der Waals surface area contributed by atoms with E-state index in [1.54, 1.807) is 18.2 Å². The topological polar surface area (TPSA) is 78.6 Å². The molecule has 2 N–H and O–H groups in total. The first-order chi connectivity index (χ1) is 8.54. The average molecular weight is 251 g/mol. The Balaban J connectivity index is 2.41. The van der Waals surface area contributed by atoms with Crippen molar-refractivity contribution in [3.05, 3.63) is 29.3 Å². The number of carbonyl (C=O) groups excluding carboxylic acids is 2. The summed E-state index contributed by atoms with van der Waals surface area (Å²) < 4.78 is 9.49. The van der Waals surface area contributed by atoms with E-state index in [0.29, 0.717) is 17.7 Å². The molecule has 0 aromatic heterocycles. The van der Waals surface area contributed by atoms with Crippen LogP contribution in [0, 0.1) is 6.92 Å². The zero-order valence-electron chi connectivity index (χ0n) is 10.6. The molecule has 0 heterocycles. The Morgan fingerprint density at radius 1 is 1.33 bits per heavy atom. The van der Waals surface area contributed by atoms with Crippen LogP contribution in [0.3, 0.4) is 0 Å². The van der Waals surface area contributed by atoms with Crippen LogP contribution in [0.15, 0.2) is 18.2 Å². The van der Waals surface area contributed by atoms with E-state index in [4.69, 9.17) is 10.5 Å². The number of methoxy groups -OCH3 is 1. The summed E-state index contributed by atoms with van der Waals surface area (Å²) >= 11 is 0. The second-order valence-corrected chi connectivity index (χ2v) is 3.89. The van der Waals surface area contributed by atoms with Crippen LogP contribution < -0.4 is 5.73 Å². The van der Waals surface area contributed by atoms with E-state index >= 15 is 0 Å². The van der Waals surface area contributed by atoms with Crippen molar-refractivity contribution in [2.75, 3.05) is 19.5 Å². The van der Waals surface area contributed by atoms with E-state index in [2.05, 4.69) is 4.74 Å². The monoisotopic (exact) mass is 251 g/mol. The lowest BCUT2D eigenvalue weighted by molar-refractivity contribution is -0.140. The highest BCUT2D eigenvalue weighted by Crippen LogP contribution is 2.13. The third-order valence-electron chi connectivity index (χ3n) is 2.50. The average Bonchev–Trinajstić information content (AvgIpc) is 2.37. The van der Waals surface area contributed by atoms with Gasteiger partial charge in [0.05, 0.1) is 19.3 Å². The quantitative estimate of drug-likeness (QED) is 0.489. The van der Waals surface area contributed by atoms with Gasteiger partial charge in [-0.3, -0.25) is 4.79 Å². The fraction of sp³-hybridized carbons (Fsp3) is 0.385. The van der Waals surface area contributed by atoms with Gasteiger partial charge in [0.15, 0.2) is 0 Å². The van der Waals surface area contributed by atoms with Crippen molar-refractivity contribution in [3.8, 4) is 0 Å². The predicted octanol–water partition coefficient (Wildman–Crippen LogP) is 1.69. The zero-order valence-corrected chi connectivity index (χ0v) is 10.6. The first kappa shape index (κ1) is 14.0. The Morgan fingerprint density at radius 2 is 2.06 bits per heavy atom. The highest BCUT2D eigenvalue weighted by Gasteiger charge is 2.08. The molecular weight excluding hydrogens is 234 g/mol. The van der Waals surface area contributed by atoms with Gasteiger partial charge in [-0.05, 0) is 31.0 Å². The fourth-order valence-corrected chi connectivity index (χ4v) is 1.33. The standard InChI is InChI=1S/C13H17NO4/c1-9-5-6-10(8-11(9)14)13(16)18-7-3-4-12(15)17-2/h5-6,8H,3-4,7,14H2,1-2H3. The number of hydrogen-bond donors (Lipinski definition) is 1. The van der Waals surface area contributed by atoms with Gasteiger partial charge in [0.2, 0.25) is 0 Å². The van der Waals surface area contributed by atoms with E-state index in [1.807, 2.05) is 6.92 Å². The number of ether oxygens (including phenoxy) is 2. The molecular formula is C13H17NO4. The normalized spacial score (nSPS) is 9.89. The minimum Gasteiger partial charge on any atom is -0.469 e. The van der Waals surface area contributed by atoms with Gasteiger partial charge >= 0.3 is 11.9 Å². The fourth-order valence-electron chi connectivity index (χ4n) is 1.33. The molecule has 1 aromatic rings. The summed E-state index contributed by atoms with van der Waals surface area (Å²) in [5, 5.41) is 0. The smallest absolute Gasteiger partial charge is 0.338 e. The van der Waals surface area contributed by atoms with Crippen LogP contribution in [0.1, 0.15) is 28.8 Å². The second-order valence-electron chi connectivity index (χ2n) is 3.89. The number of anilines is 1. The van der Waals surface area contributed by atoms with Gasteiger partial charge in [0.1, 0.15) is 0 Å². The van der Waals surface area contributed by atoms with Gasteiger partial charge in [-0.2, -0.15) is 0 Å². The van der Waals surface area contributed by atoms with Crippen LogP contribution in [0.25, 0.3) is 0 Å². The molecule has 98 valence electrons. The molecule has 1 rings (SSSR count). The van der Waals surface area contributed by atoms with Gasteiger partial charge in [-0.15, -0.1) is 0 Å². The van der Waals surface area contributed by atoms with Crippen molar-refractivity contribution >= 4 is 17.6 Å². The third-order valence-corrected chi connectivity index (χ3v) is 2.50. The van der Waals surface area contributed by atoms with Crippen LogP contribution in [0.5, 0.6) is 0 Å². The molecule has 0 radical (unpaired) electrons. The number of rotatable bonds is 5. The van der Waals surface area contributed by atoms with Crippen molar-refractivity contribution < 1.29 is 19.1 Å².